The number of amides is 2. The average Bonchev–Trinajstić information content (AvgIpc) is 3.09. The zero-order valence-corrected chi connectivity index (χ0v) is 14.1. The minimum Gasteiger partial charge on any atom is -0.322 e. The number of rotatable bonds is 3. The molecule has 1 aliphatic heterocycles. The van der Waals surface area contributed by atoms with Gasteiger partial charge < -0.3 is 10.2 Å². The molecule has 2 heterocycles. The fourth-order valence-electron chi connectivity index (χ4n) is 2.57. The van der Waals surface area contributed by atoms with Gasteiger partial charge in [-0.1, -0.05) is 6.07 Å². The van der Waals surface area contributed by atoms with Crippen molar-refractivity contribution in [2.75, 3.05) is 37.8 Å². The standard InChI is InChI=1S/C15H19N5O3S/c1-24(22,23)19-10-8-18(9-11-19)15(21)17-13-4-2-5-14(12-13)20-7-3-6-16-20/h2-7,12H,8-11H2,1H3,(H,17,21). The van der Waals surface area contributed by atoms with Crippen LogP contribution in [0.25, 0.3) is 5.69 Å². The highest BCUT2D eigenvalue weighted by atomic mass is 32.2. The van der Waals surface area contributed by atoms with Crippen molar-refractivity contribution in [3.8, 4) is 5.69 Å². The summed E-state index contributed by atoms with van der Waals surface area (Å²) in [5.41, 5.74) is 1.51. The minimum absolute atomic E-state index is 0.235. The first-order valence-electron chi connectivity index (χ1n) is 7.54. The zero-order chi connectivity index (χ0) is 17.2. The first kappa shape index (κ1) is 16.5. The number of anilines is 1. The Kier molecular flexibility index (Phi) is 4.54. The van der Waals surface area contributed by atoms with Crippen molar-refractivity contribution in [1.29, 1.82) is 0 Å². The van der Waals surface area contributed by atoms with Gasteiger partial charge in [0.1, 0.15) is 0 Å². The molecule has 2 aromatic rings. The quantitative estimate of drug-likeness (QED) is 0.895. The van der Waals surface area contributed by atoms with Gasteiger partial charge in [0.15, 0.2) is 0 Å². The second-order valence-electron chi connectivity index (χ2n) is 5.58. The molecule has 24 heavy (non-hydrogen) atoms. The van der Waals surface area contributed by atoms with Gasteiger partial charge in [0.2, 0.25) is 10.0 Å². The maximum absolute atomic E-state index is 12.3. The molecular formula is C15H19N5O3S. The number of carbonyl (C=O) groups is 1. The second kappa shape index (κ2) is 6.62. The summed E-state index contributed by atoms with van der Waals surface area (Å²) in [5.74, 6) is 0. The maximum atomic E-state index is 12.3. The molecule has 0 atom stereocenters. The molecule has 0 saturated carbocycles. The van der Waals surface area contributed by atoms with Gasteiger partial charge in [-0.3, -0.25) is 0 Å². The number of sulfonamides is 1. The summed E-state index contributed by atoms with van der Waals surface area (Å²) in [6.45, 7) is 1.38. The molecule has 8 nitrogen and oxygen atoms in total. The predicted octanol–water partition coefficient (Wildman–Crippen LogP) is 0.981. The lowest BCUT2D eigenvalue weighted by Crippen LogP contribution is -2.51. The van der Waals surface area contributed by atoms with E-state index >= 15 is 0 Å². The van der Waals surface area contributed by atoms with Crippen LogP contribution in [0.5, 0.6) is 0 Å². The summed E-state index contributed by atoms with van der Waals surface area (Å²) >= 11 is 0. The van der Waals surface area contributed by atoms with Crippen molar-refractivity contribution in [1.82, 2.24) is 19.0 Å². The average molecular weight is 349 g/mol. The molecule has 1 aliphatic rings. The van der Waals surface area contributed by atoms with Crippen LogP contribution in [0.15, 0.2) is 42.7 Å². The van der Waals surface area contributed by atoms with Crippen LogP contribution in [0.3, 0.4) is 0 Å². The van der Waals surface area contributed by atoms with Crippen LogP contribution in [0.4, 0.5) is 10.5 Å². The van der Waals surface area contributed by atoms with Crippen LogP contribution >= 0.6 is 0 Å². The first-order valence-corrected chi connectivity index (χ1v) is 9.39. The number of benzene rings is 1. The fraction of sp³-hybridized carbons (Fsp3) is 0.333. The number of urea groups is 1. The van der Waals surface area contributed by atoms with Crippen molar-refractivity contribution in [3.05, 3.63) is 42.7 Å². The molecule has 1 fully saturated rings. The third kappa shape index (κ3) is 3.74. The number of piperazine rings is 1. The van der Waals surface area contributed by atoms with Crippen molar-refractivity contribution in [3.63, 3.8) is 0 Å². The van der Waals surface area contributed by atoms with E-state index in [1.165, 1.54) is 10.6 Å². The summed E-state index contributed by atoms with van der Waals surface area (Å²) < 4.78 is 26.1. The van der Waals surface area contributed by atoms with Gasteiger partial charge in [0.05, 0.1) is 11.9 Å². The van der Waals surface area contributed by atoms with Gasteiger partial charge in [0.25, 0.3) is 0 Å². The molecule has 0 aliphatic carbocycles. The fourth-order valence-corrected chi connectivity index (χ4v) is 3.40. The summed E-state index contributed by atoms with van der Waals surface area (Å²) in [6.07, 6.45) is 4.70. The molecule has 0 radical (unpaired) electrons. The third-order valence-electron chi connectivity index (χ3n) is 3.86. The number of hydrogen-bond acceptors (Lipinski definition) is 4. The van der Waals surface area contributed by atoms with Gasteiger partial charge in [0, 0.05) is 44.3 Å². The minimum atomic E-state index is -3.20. The number of nitrogens with zero attached hydrogens (tertiary/aromatic N) is 4. The first-order chi connectivity index (χ1) is 11.4. The smallest absolute Gasteiger partial charge is 0.321 e. The largest absolute Gasteiger partial charge is 0.322 e. The Bertz CT molecular complexity index is 811. The Balaban J connectivity index is 1.63. The van der Waals surface area contributed by atoms with E-state index in [1.54, 1.807) is 21.8 Å². The lowest BCUT2D eigenvalue weighted by molar-refractivity contribution is 0.184. The van der Waals surface area contributed by atoms with Crippen molar-refractivity contribution in [2.24, 2.45) is 0 Å². The summed E-state index contributed by atoms with van der Waals surface area (Å²) in [7, 11) is -3.20. The van der Waals surface area contributed by atoms with Crippen molar-refractivity contribution >= 4 is 21.7 Å². The van der Waals surface area contributed by atoms with E-state index in [-0.39, 0.29) is 6.03 Å². The normalized spacial score (nSPS) is 16.1. The zero-order valence-electron chi connectivity index (χ0n) is 13.3. The van der Waals surface area contributed by atoms with Crippen molar-refractivity contribution in [2.45, 2.75) is 0 Å². The molecule has 9 heteroatoms. The van der Waals surface area contributed by atoms with E-state index in [4.69, 9.17) is 0 Å². The highest BCUT2D eigenvalue weighted by Gasteiger charge is 2.25. The van der Waals surface area contributed by atoms with Gasteiger partial charge in [-0.15, -0.1) is 0 Å². The Hall–Kier alpha value is -2.39. The van der Waals surface area contributed by atoms with Crippen LogP contribution in [0.2, 0.25) is 0 Å². The van der Waals surface area contributed by atoms with Crippen LogP contribution < -0.4 is 5.32 Å². The van der Waals surface area contributed by atoms with Gasteiger partial charge in [-0.05, 0) is 24.3 Å². The molecule has 3 rings (SSSR count). The van der Waals surface area contributed by atoms with E-state index < -0.39 is 10.0 Å². The lowest BCUT2D eigenvalue weighted by Gasteiger charge is -2.33. The Labute approximate surface area is 140 Å². The molecule has 2 amide bonds. The lowest BCUT2D eigenvalue weighted by atomic mass is 10.3. The molecule has 1 aromatic heterocycles. The Morgan fingerprint density at radius 2 is 1.92 bits per heavy atom. The van der Waals surface area contributed by atoms with Crippen LogP contribution in [0.1, 0.15) is 0 Å². The molecule has 0 spiro atoms. The third-order valence-corrected chi connectivity index (χ3v) is 5.16. The van der Waals surface area contributed by atoms with Crippen LogP contribution in [-0.2, 0) is 10.0 Å². The SMILES string of the molecule is CS(=O)(=O)N1CCN(C(=O)Nc2cccc(-n3cccn3)c2)CC1. The van der Waals surface area contributed by atoms with Crippen LogP contribution in [0, 0.1) is 0 Å². The molecule has 1 N–H and O–H groups in total. The number of carbonyl (C=O) groups excluding carboxylic acids is 1. The summed E-state index contributed by atoms with van der Waals surface area (Å²) in [5, 5.41) is 7.00. The molecular weight excluding hydrogens is 330 g/mol. The molecule has 0 bridgehead atoms. The highest BCUT2D eigenvalue weighted by molar-refractivity contribution is 7.88. The van der Waals surface area contributed by atoms with Crippen LogP contribution in [-0.4, -0.2) is 65.9 Å². The van der Waals surface area contributed by atoms with E-state index in [1.807, 2.05) is 30.5 Å². The van der Waals surface area contributed by atoms with Gasteiger partial charge in [-0.25, -0.2) is 17.9 Å². The van der Waals surface area contributed by atoms with Gasteiger partial charge >= 0.3 is 6.03 Å². The summed E-state index contributed by atoms with van der Waals surface area (Å²) in [6, 6.07) is 8.96. The molecule has 1 saturated heterocycles. The Morgan fingerprint density at radius 1 is 1.17 bits per heavy atom. The monoisotopic (exact) mass is 349 g/mol. The second-order valence-corrected chi connectivity index (χ2v) is 7.56. The van der Waals surface area contributed by atoms with E-state index in [9.17, 15) is 13.2 Å². The Morgan fingerprint density at radius 3 is 2.54 bits per heavy atom. The van der Waals surface area contributed by atoms with E-state index in [0.717, 1.165) is 5.69 Å². The number of nitrogens with one attached hydrogen (secondary N) is 1. The maximum Gasteiger partial charge on any atom is 0.321 e. The van der Waals surface area contributed by atoms with Gasteiger partial charge in [-0.2, -0.15) is 9.40 Å². The topological polar surface area (TPSA) is 87.5 Å². The number of hydrogen-bond donors (Lipinski definition) is 1. The van der Waals surface area contributed by atoms with E-state index in [2.05, 4.69) is 10.4 Å². The summed E-state index contributed by atoms with van der Waals surface area (Å²) in [4.78, 5) is 14.0. The highest BCUT2D eigenvalue weighted by Crippen LogP contribution is 2.15. The molecule has 0 unspecified atom stereocenters. The predicted molar refractivity (Wildman–Crippen MR) is 90.6 cm³/mol. The molecule has 128 valence electrons. The van der Waals surface area contributed by atoms with E-state index in [0.29, 0.717) is 31.9 Å². The number of aromatic nitrogens is 2. The molecule has 1 aromatic carbocycles. The van der Waals surface area contributed by atoms with Crippen molar-refractivity contribution < 1.29 is 13.2 Å².